The second-order valence-corrected chi connectivity index (χ2v) is 8.13. The molecule has 114 valence electrons. The Morgan fingerprint density at radius 3 is 2.90 bits per heavy atom. The van der Waals surface area contributed by atoms with Gasteiger partial charge in [0.1, 0.15) is 0 Å². The molecular weight excluding hydrogens is 292 g/mol. The average Bonchev–Trinajstić information content (AvgIpc) is 2.75. The van der Waals surface area contributed by atoms with Crippen molar-refractivity contribution in [2.24, 2.45) is 0 Å². The minimum atomic E-state index is -3.35. The van der Waals surface area contributed by atoms with Crippen molar-refractivity contribution >= 4 is 21.4 Å². The van der Waals surface area contributed by atoms with Gasteiger partial charge in [0.05, 0.1) is 4.90 Å². The molecule has 4 nitrogen and oxygen atoms in total. The summed E-state index contributed by atoms with van der Waals surface area (Å²) < 4.78 is 27.7. The highest BCUT2D eigenvalue weighted by Crippen LogP contribution is 2.30. The van der Waals surface area contributed by atoms with Crippen molar-refractivity contribution < 1.29 is 8.42 Å². The Kier molecular flexibility index (Phi) is 5.60. The first kappa shape index (κ1) is 15.9. The van der Waals surface area contributed by atoms with Crippen LogP contribution in [0.3, 0.4) is 0 Å². The Hall–Kier alpha value is -0.430. The van der Waals surface area contributed by atoms with Crippen molar-refractivity contribution in [1.29, 1.82) is 0 Å². The average molecular weight is 316 g/mol. The van der Waals surface area contributed by atoms with Gasteiger partial charge >= 0.3 is 0 Å². The molecule has 0 spiro atoms. The molecule has 0 radical (unpaired) electrons. The number of thiophene rings is 1. The molecule has 2 heterocycles. The maximum Gasteiger partial charge on any atom is 0.244 e. The van der Waals surface area contributed by atoms with E-state index in [1.54, 1.807) is 10.4 Å². The van der Waals surface area contributed by atoms with Gasteiger partial charge < -0.3 is 5.32 Å². The lowest BCUT2D eigenvalue weighted by molar-refractivity contribution is 0.315. The molecule has 1 unspecified atom stereocenters. The van der Waals surface area contributed by atoms with Crippen LogP contribution in [0.5, 0.6) is 0 Å². The predicted octanol–water partition coefficient (Wildman–Crippen LogP) is 2.81. The molecule has 1 fully saturated rings. The molecule has 1 aromatic rings. The van der Waals surface area contributed by atoms with Crippen LogP contribution in [0.25, 0.3) is 0 Å². The molecule has 1 atom stereocenters. The van der Waals surface area contributed by atoms with Crippen LogP contribution in [0.2, 0.25) is 0 Å². The molecule has 0 bridgehead atoms. The van der Waals surface area contributed by atoms with E-state index in [0.29, 0.717) is 18.0 Å². The van der Waals surface area contributed by atoms with E-state index in [1.807, 2.05) is 12.4 Å². The molecule has 20 heavy (non-hydrogen) atoms. The van der Waals surface area contributed by atoms with Crippen molar-refractivity contribution in [3.05, 3.63) is 16.3 Å². The molecule has 0 amide bonds. The van der Waals surface area contributed by atoms with Gasteiger partial charge in [-0.25, -0.2) is 8.42 Å². The number of hydrogen-bond donors (Lipinski definition) is 1. The number of nitrogens with zero attached hydrogens (tertiary/aromatic N) is 1. The summed E-state index contributed by atoms with van der Waals surface area (Å²) in [5.41, 5.74) is 0. The zero-order chi connectivity index (χ0) is 14.6. The molecule has 1 aromatic heterocycles. The van der Waals surface area contributed by atoms with Gasteiger partial charge in [-0.2, -0.15) is 4.31 Å². The summed E-state index contributed by atoms with van der Waals surface area (Å²) in [5, 5.41) is 4.92. The largest absolute Gasteiger partial charge is 0.315 e. The predicted molar refractivity (Wildman–Crippen MR) is 83.5 cm³/mol. The fourth-order valence-corrected chi connectivity index (χ4v) is 6.05. The molecule has 0 aromatic carbocycles. The monoisotopic (exact) mass is 316 g/mol. The highest BCUT2D eigenvalue weighted by Gasteiger charge is 2.33. The fraction of sp³-hybridized carbons (Fsp3) is 0.714. The zero-order valence-corrected chi connectivity index (χ0v) is 13.9. The van der Waals surface area contributed by atoms with E-state index in [-0.39, 0.29) is 6.04 Å². The van der Waals surface area contributed by atoms with Gasteiger partial charge in [-0.15, -0.1) is 11.3 Å². The zero-order valence-electron chi connectivity index (χ0n) is 12.3. The molecule has 1 saturated heterocycles. The highest BCUT2D eigenvalue weighted by molar-refractivity contribution is 7.89. The quantitative estimate of drug-likeness (QED) is 0.909. The Balaban J connectivity index is 2.34. The van der Waals surface area contributed by atoms with Crippen LogP contribution in [0.15, 0.2) is 16.3 Å². The summed E-state index contributed by atoms with van der Waals surface area (Å²) in [7, 11) is -1.51. The SMILES string of the molecule is CCC1CCCCCN1S(=O)(=O)c1ccsc1CNC. The highest BCUT2D eigenvalue weighted by atomic mass is 32.2. The molecule has 1 N–H and O–H groups in total. The third-order valence-electron chi connectivity index (χ3n) is 3.92. The third kappa shape index (κ3) is 3.24. The first-order valence-corrected chi connectivity index (χ1v) is 9.66. The minimum absolute atomic E-state index is 0.157. The van der Waals surface area contributed by atoms with Gasteiger partial charge in [-0.1, -0.05) is 19.8 Å². The summed E-state index contributed by atoms with van der Waals surface area (Å²) >= 11 is 1.51. The van der Waals surface area contributed by atoms with Crippen molar-refractivity contribution in [3.8, 4) is 0 Å². The standard InChI is InChI=1S/C14H24N2O2S2/c1-3-12-7-5-4-6-9-16(12)20(17,18)14-8-10-19-13(14)11-15-2/h8,10,12,15H,3-7,9,11H2,1-2H3. The van der Waals surface area contributed by atoms with Gasteiger partial charge in [0.15, 0.2) is 0 Å². The van der Waals surface area contributed by atoms with Gasteiger partial charge in [-0.05, 0) is 37.8 Å². The van der Waals surface area contributed by atoms with Gasteiger partial charge in [0.2, 0.25) is 10.0 Å². The molecular formula is C14H24N2O2S2. The maximum atomic E-state index is 13.0. The smallest absolute Gasteiger partial charge is 0.244 e. The van der Waals surface area contributed by atoms with E-state index in [0.717, 1.165) is 37.0 Å². The van der Waals surface area contributed by atoms with Crippen molar-refractivity contribution in [2.45, 2.75) is 56.5 Å². The summed E-state index contributed by atoms with van der Waals surface area (Å²) in [6.07, 6.45) is 5.13. The second kappa shape index (κ2) is 7.02. The van der Waals surface area contributed by atoms with Gasteiger partial charge in [0.25, 0.3) is 0 Å². The van der Waals surface area contributed by atoms with E-state index >= 15 is 0 Å². The summed E-state index contributed by atoms with van der Waals surface area (Å²) in [5.74, 6) is 0. The molecule has 0 saturated carbocycles. The van der Waals surface area contributed by atoms with E-state index < -0.39 is 10.0 Å². The normalized spacial score (nSPS) is 21.8. The Morgan fingerprint density at radius 2 is 2.20 bits per heavy atom. The van der Waals surface area contributed by atoms with E-state index in [1.165, 1.54) is 11.3 Å². The fourth-order valence-electron chi connectivity index (χ4n) is 2.85. The number of sulfonamides is 1. The minimum Gasteiger partial charge on any atom is -0.315 e. The van der Waals surface area contributed by atoms with Gasteiger partial charge in [-0.3, -0.25) is 0 Å². The first-order valence-electron chi connectivity index (χ1n) is 7.34. The van der Waals surface area contributed by atoms with Crippen LogP contribution in [0.4, 0.5) is 0 Å². The second-order valence-electron chi connectivity index (χ2n) is 5.27. The lowest BCUT2D eigenvalue weighted by Crippen LogP contribution is -2.39. The van der Waals surface area contributed by atoms with Crippen LogP contribution in [-0.2, 0) is 16.6 Å². The lowest BCUT2D eigenvalue weighted by atomic mass is 10.1. The lowest BCUT2D eigenvalue weighted by Gasteiger charge is -2.28. The maximum absolute atomic E-state index is 13.0. The van der Waals surface area contributed by atoms with Gasteiger partial charge in [0, 0.05) is 24.0 Å². The van der Waals surface area contributed by atoms with Crippen molar-refractivity contribution in [2.75, 3.05) is 13.6 Å². The van der Waals surface area contributed by atoms with Crippen LogP contribution in [0.1, 0.15) is 43.9 Å². The molecule has 1 aliphatic rings. The summed E-state index contributed by atoms with van der Waals surface area (Å²) in [6, 6.07) is 1.91. The molecule has 2 rings (SSSR count). The van der Waals surface area contributed by atoms with E-state index in [2.05, 4.69) is 12.2 Å². The molecule has 1 aliphatic heterocycles. The number of rotatable bonds is 5. The van der Waals surface area contributed by atoms with E-state index in [9.17, 15) is 8.42 Å². The van der Waals surface area contributed by atoms with Crippen molar-refractivity contribution in [1.82, 2.24) is 9.62 Å². The van der Waals surface area contributed by atoms with E-state index in [4.69, 9.17) is 0 Å². The third-order valence-corrected chi connectivity index (χ3v) is 7.01. The van der Waals surface area contributed by atoms with Crippen LogP contribution in [0, 0.1) is 0 Å². The Morgan fingerprint density at radius 1 is 1.40 bits per heavy atom. The Bertz CT molecular complexity index is 525. The summed E-state index contributed by atoms with van der Waals surface area (Å²) in [6.45, 7) is 3.35. The number of nitrogens with one attached hydrogen (secondary N) is 1. The van der Waals surface area contributed by atoms with Crippen molar-refractivity contribution in [3.63, 3.8) is 0 Å². The number of hydrogen-bond acceptors (Lipinski definition) is 4. The van der Waals surface area contributed by atoms with Crippen LogP contribution < -0.4 is 5.32 Å². The van der Waals surface area contributed by atoms with Crippen LogP contribution >= 0.6 is 11.3 Å². The summed E-state index contributed by atoms with van der Waals surface area (Å²) in [4.78, 5) is 1.41. The Labute approximate surface area is 126 Å². The first-order chi connectivity index (χ1) is 9.61. The topological polar surface area (TPSA) is 49.4 Å². The van der Waals surface area contributed by atoms with Crippen LogP contribution in [-0.4, -0.2) is 32.4 Å². The molecule has 6 heteroatoms. The molecule has 0 aliphatic carbocycles.